The van der Waals surface area contributed by atoms with Crippen molar-refractivity contribution in [1.29, 1.82) is 0 Å². The van der Waals surface area contributed by atoms with Crippen LogP contribution in [-0.2, 0) is 11.2 Å². The van der Waals surface area contributed by atoms with Gasteiger partial charge >= 0.3 is 5.97 Å². The van der Waals surface area contributed by atoms with Gasteiger partial charge in [-0.15, -0.1) is 5.10 Å². The molecule has 0 fully saturated rings. The lowest BCUT2D eigenvalue weighted by Crippen LogP contribution is -2.40. The molecule has 1 aromatic rings. The Kier molecular flexibility index (Phi) is 3.98. The molecule has 88 valence electrons. The molecule has 0 aromatic carbocycles. The van der Waals surface area contributed by atoms with Crippen molar-refractivity contribution >= 4 is 11.9 Å². The number of H-pyrrole nitrogens is 1. The second-order valence-electron chi connectivity index (χ2n) is 3.23. The summed E-state index contributed by atoms with van der Waals surface area (Å²) in [6.07, 6.45) is 0.947. The highest BCUT2D eigenvalue weighted by molar-refractivity contribution is 5.93. The highest BCUT2D eigenvalue weighted by Gasteiger charge is 2.20. The Bertz CT molecular complexity index is 388. The number of carbonyl (C=O) groups excluding carboxylic acids is 1. The molecule has 0 bridgehead atoms. The number of carboxylic acids is 1. The van der Waals surface area contributed by atoms with Crippen LogP contribution in [0.5, 0.6) is 0 Å². The van der Waals surface area contributed by atoms with E-state index in [1.165, 1.54) is 0 Å². The van der Waals surface area contributed by atoms with E-state index in [9.17, 15) is 9.59 Å². The second kappa shape index (κ2) is 5.24. The maximum Gasteiger partial charge on any atom is 0.326 e. The summed E-state index contributed by atoms with van der Waals surface area (Å²) >= 11 is 0. The summed E-state index contributed by atoms with van der Waals surface area (Å²) in [7, 11) is 0. The molecule has 1 amide bonds. The Morgan fingerprint density at radius 3 is 2.62 bits per heavy atom. The number of amides is 1. The first-order valence-electron chi connectivity index (χ1n) is 5.03. The zero-order valence-electron chi connectivity index (χ0n) is 9.15. The molecule has 0 aliphatic rings. The first-order valence-corrected chi connectivity index (χ1v) is 5.03. The largest absolute Gasteiger partial charge is 0.480 e. The van der Waals surface area contributed by atoms with Gasteiger partial charge < -0.3 is 10.4 Å². The quantitative estimate of drug-likeness (QED) is 0.652. The molecule has 0 aliphatic carbocycles. The van der Waals surface area contributed by atoms with Crippen molar-refractivity contribution in [3.63, 3.8) is 0 Å². The van der Waals surface area contributed by atoms with Crippen molar-refractivity contribution in [1.82, 2.24) is 20.5 Å². The van der Waals surface area contributed by atoms with Crippen molar-refractivity contribution in [2.75, 3.05) is 0 Å². The van der Waals surface area contributed by atoms with Gasteiger partial charge in [0.15, 0.2) is 0 Å². The molecular formula is C9H14N4O3. The topological polar surface area (TPSA) is 108 Å². The van der Waals surface area contributed by atoms with Crippen molar-refractivity contribution < 1.29 is 14.7 Å². The standard InChI is InChI=1S/C9H14N4O3/c1-3-5(9(15)16)10-8(14)7-11-6(4-2)12-13-7/h5H,3-4H2,1-2H3,(H,10,14)(H,15,16)(H,11,12,13). The summed E-state index contributed by atoms with van der Waals surface area (Å²) in [6, 6.07) is -0.906. The summed E-state index contributed by atoms with van der Waals surface area (Å²) in [4.78, 5) is 26.1. The number of aromatic nitrogens is 3. The average Bonchev–Trinajstić information content (AvgIpc) is 2.73. The minimum Gasteiger partial charge on any atom is -0.480 e. The summed E-state index contributed by atoms with van der Waals surface area (Å²) in [5.41, 5.74) is 0. The van der Waals surface area contributed by atoms with Gasteiger partial charge in [0.2, 0.25) is 5.82 Å². The number of carbonyl (C=O) groups is 2. The minimum absolute atomic E-state index is 0.0310. The van der Waals surface area contributed by atoms with Crippen molar-refractivity contribution in [3.05, 3.63) is 11.6 Å². The number of aryl methyl sites for hydroxylation is 1. The van der Waals surface area contributed by atoms with Crippen LogP contribution in [0.25, 0.3) is 0 Å². The van der Waals surface area contributed by atoms with E-state index in [1.54, 1.807) is 6.92 Å². The highest BCUT2D eigenvalue weighted by Crippen LogP contribution is 1.96. The molecule has 0 saturated heterocycles. The van der Waals surface area contributed by atoms with E-state index in [2.05, 4.69) is 20.5 Å². The number of carboxylic acid groups (broad SMARTS) is 1. The molecule has 1 unspecified atom stereocenters. The van der Waals surface area contributed by atoms with E-state index in [1.807, 2.05) is 6.92 Å². The van der Waals surface area contributed by atoms with Gasteiger partial charge in [0.1, 0.15) is 11.9 Å². The van der Waals surface area contributed by atoms with Crippen LogP contribution in [0, 0.1) is 0 Å². The van der Waals surface area contributed by atoms with Gasteiger partial charge in [-0.3, -0.25) is 9.89 Å². The van der Waals surface area contributed by atoms with Crippen LogP contribution in [0.1, 0.15) is 36.7 Å². The molecule has 1 heterocycles. The maximum absolute atomic E-state index is 11.5. The summed E-state index contributed by atoms with van der Waals surface area (Å²) in [6.45, 7) is 3.54. The number of hydrogen-bond acceptors (Lipinski definition) is 4. The van der Waals surface area contributed by atoms with Crippen LogP contribution in [0.3, 0.4) is 0 Å². The van der Waals surface area contributed by atoms with E-state index < -0.39 is 17.9 Å². The Labute approximate surface area is 92.3 Å². The number of aliphatic carboxylic acids is 1. The van der Waals surface area contributed by atoms with Crippen molar-refractivity contribution in [3.8, 4) is 0 Å². The Balaban J connectivity index is 2.67. The lowest BCUT2D eigenvalue weighted by molar-refractivity contribution is -0.139. The molecule has 0 saturated carbocycles. The van der Waals surface area contributed by atoms with Gasteiger partial charge in [0, 0.05) is 6.42 Å². The Morgan fingerprint density at radius 1 is 1.50 bits per heavy atom. The number of hydrogen-bond donors (Lipinski definition) is 3. The molecular weight excluding hydrogens is 212 g/mol. The SMILES string of the molecule is CCc1nc(C(=O)NC(CC)C(=O)O)n[nH]1. The van der Waals surface area contributed by atoms with E-state index in [0.717, 1.165) is 0 Å². The number of aromatic amines is 1. The third kappa shape index (κ3) is 2.78. The van der Waals surface area contributed by atoms with Crippen molar-refractivity contribution in [2.24, 2.45) is 0 Å². The number of nitrogens with zero attached hydrogens (tertiary/aromatic N) is 2. The number of rotatable bonds is 5. The second-order valence-corrected chi connectivity index (χ2v) is 3.23. The van der Waals surface area contributed by atoms with Gasteiger partial charge in [0.05, 0.1) is 0 Å². The van der Waals surface area contributed by atoms with Gasteiger partial charge in [-0.25, -0.2) is 9.78 Å². The normalized spacial score (nSPS) is 12.1. The first-order chi connectivity index (χ1) is 7.58. The molecule has 1 aromatic heterocycles. The van der Waals surface area contributed by atoms with E-state index in [-0.39, 0.29) is 5.82 Å². The van der Waals surface area contributed by atoms with Gasteiger partial charge in [-0.1, -0.05) is 13.8 Å². The third-order valence-corrected chi connectivity index (χ3v) is 2.08. The Hall–Kier alpha value is -1.92. The van der Waals surface area contributed by atoms with Crippen LogP contribution in [-0.4, -0.2) is 38.2 Å². The summed E-state index contributed by atoms with van der Waals surface area (Å²) < 4.78 is 0. The fourth-order valence-electron chi connectivity index (χ4n) is 1.12. The van der Waals surface area contributed by atoms with Crippen LogP contribution >= 0.6 is 0 Å². The van der Waals surface area contributed by atoms with E-state index in [4.69, 9.17) is 5.11 Å². The predicted octanol–water partition coefficient (Wildman–Crippen LogP) is -0.0399. The summed E-state index contributed by atoms with van der Waals surface area (Å²) in [5, 5.41) is 17.4. The fraction of sp³-hybridized carbons (Fsp3) is 0.556. The van der Waals surface area contributed by atoms with Crippen LogP contribution in [0.4, 0.5) is 0 Å². The number of nitrogens with one attached hydrogen (secondary N) is 2. The fourth-order valence-corrected chi connectivity index (χ4v) is 1.12. The Morgan fingerprint density at radius 2 is 2.19 bits per heavy atom. The first kappa shape index (κ1) is 12.2. The molecule has 0 spiro atoms. The van der Waals surface area contributed by atoms with Crippen molar-refractivity contribution in [2.45, 2.75) is 32.7 Å². The molecule has 0 aliphatic heterocycles. The summed E-state index contributed by atoms with van der Waals surface area (Å²) in [5.74, 6) is -1.09. The molecule has 0 radical (unpaired) electrons. The minimum atomic E-state index is -1.07. The van der Waals surface area contributed by atoms with Crippen LogP contribution < -0.4 is 5.32 Å². The smallest absolute Gasteiger partial charge is 0.326 e. The molecule has 7 heteroatoms. The monoisotopic (exact) mass is 226 g/mol. The average molecular weight is 226 g/mol. The van der Waals surface area contributed by atoms with Crippen LogP contribution in [0.15, 0.2) is 0 Å². The predicted molar refractivity (Wildman–Crippen MR) is 54.9 cm³/mol. The molecule has 1 rings (SSSR count). The van der Waals surface area contributed by atoms with Gasteiger partial charge in [-0.05, 0) is 6.42 Å². The molecule has 3 N–H and O–H groups in total. The highest BCUT2D eigenvalue weighted by atomic mass is 16.4. The molecule has 1 atom stereocenters. The van der Waals surface area contributed by atoms with Crippen LogP contribution in [0.2, 0.25) is 0 Å². The van der Waals surface area contributed by atoms with E-state index in [0.29, 0.717) is 18.7 Å². The zero-order chi connectivity index (χ0) is 12.1. The van der Waals surface area contributed by atoms with Gasteiger partial charge in [-0.2, -0.15) is 0 Å². The molecule has 7 nitrogen and oxygen atoms in total. The van der Waals surface area contributed by atoms with Gasteiger partial charge in [0.25, 0.3) is 5.91 Å². The molecule has 16 heavy (non-hydrogen) atoms. The lowest BCUT2D eigenvalue weighted by atomic mass is 10.2. The lowest BCUT2D eigenvalue weighted by Gasteiger charge is -2.09. The zero-order valence-corrected chi connectivity index (χ0v) is 9.15. The third-order valence-electron chi connectivity index (χ3n) is 2.08. The maximum atomic E-state index is 11.5. The van der Waals surface area contributed by atoms with E-state index >= 15 is 0 Å².